The molecule has 1 aliphatic heterocycles. The number of sulfonamides is 1. The number of amides is 1. The SMILES string of the molecule is CCc1ccc(NC(=O)C2CCN(S(=O)(=O)c3cc(-c4noc(C5CC5)n4)ccc3C)CC2)cc1. The van der Waals surface area contributed by atoms with Gasteiger partial charge in [0.25, 0.3) is 0 Å². The summed E-state index contributed by atoms with van der Waals surface area (Å²) in [5.41, 5.74) is 3.26. The van der Waals surface area contributed by atoms with E-state index in [2.05, 4.69) is 22.4 Å². The van der Waals surface area contributed by atoms with Gasteiger partial charge >= 0.3 is 0 Å². The third-order valence-electron chi connectivity index (χ3n) is 6.89. The third kappa shape index (κ3) is 5.01. The lowest BCUT2D eigenvalue weighted by Crippen LogP contribution is -2.41. The number of carbonyl (C=O) groups excluding carboxylic acids is 1. The molecule has 2 aliphatic rings. The summed E-state index contributed by atoms with van der Waals surface area (Å²) >= 11 is 0. The molecule has 5 rings (SSSR count). The smallest absolute Gasteiger partial charge is 0.243 e. The minimum atomic E-state index is -3.72. The van der Waals surface area contributed by atoms with Gasteiger partial charge < -0.3 is 9.84 Å². The van der Waals surface area contributed by atoms with Gasteiger partial charge in [0.15, 0.2) is 0 Å². The van der Waals surface area contributed by atoms with Crippen LogP contribution in [0.5, 0.6) is 0 Å². The molecule has 1 N–H and O–H groups in total. The molecule has 9 heteroatoms. The van der Waals surface area contributed by atoms with E-state index in [0.29, 0.717) is 54.7 Å². The first-order valence-electron chi connectivity index (χ1n) is 12.2. The summed E-state index contributed by atoms with van der Waals surface area (Å²) in [6.07, 6.45) is 4.00. The van der Waals surface area contributed by atoms with E-state index in [9.17, 15) is 13.2 Å². The molecule has 1 aliphatic carbocycles. The fourth-order valence-electron chi connectivity index (χ4n) is 4.43. The Labute approximate surface area is 205 Å². The number of piperidine rings is 1. The molecule has 2 heterocycles. The van der Waals surface area contributed by atoms with E-state index in [4.69, 9.17) is 4.52 Å². The number of nitrogens with one attached hydrogen (secondary N) is 1. The van der Waals surface area contributed by atoms with E-state index >= 15 is 0 Å². The Morgan fingerprint density at radius 1 is 1.09 bits per heavy atom. The quantitative estimate of drug-likeness (QED) is 0.518. The predicted octanol–water partition coefficient (Wildman–Crippen LogP) is 4.52. The largest absolute Gasteiger partial charge is 0.339 e. The van der Waals surface area contributed by atoms with E-state index < -0.39 is 10.0 Å². The highest BCUT2D eigenvalue weighted by Crippen LogP contribution is 2.39. The predicted molar refractivity (Wildman–Crippen MR) is 132 cm³/mol. The molecule has 2 aromatic carbocycles. The fourth-order valence-corrected chi connectivity index (χ4v) is 6.15. The number of anilines is 1. The van der Waals surface area contributed by atoms with Gasteiger partial charge in [0.05, 0.1) is 4.90 Å². The highest BCUT2D eigenvalue weighted by atomic mass is 32.2. The maximum atomic E-state index is 13.5. The zero-order valence-corrected chi connectivity index (χ0v) is 20.8. The Morgan fingerprint density at radius 2 is 1.80 bits per heavy atom. The van der Waals surface area contributed by atoms with Crippen LogP contribution in [0.4, 0.5) is 5.69 Å². The average molecular weight is 495 g/mol. The summed E-state index contributed by atoms with van der Waals surface area (Å²) < 4.78 is 33.8. The first kappa shape index (κ1) is 23.7. The van der Waals surface area contributed by atoms with Crippen LogP contribution in [0.1, 0.15) is 55.5 Å². The van der Waals surface area contributed by atoms with Crippen LogP contribution in [0.25, 0.3) is 11.4 Å². The lowest BCUT2D eigenvalue weighted by molar-refractivity contribution is -0.120. The van der Waals surface area contributed by atoms with E-state index in [1.807, 2.05) is 30.3 Å². The monoisotopic (exact) mass is 494 g/mol. The van der Waals surface area contributed by atoms with Crippen molar-refractivity contribution in [1.29, 1.82) is 0 Å². The molecule has 184 valence electrons. The molecule has 1 aromatic heterocycles. The standard InChI is InChI=1S/C26H30N4O4S/c1-3-18-5-10-22(11-6-18)27-25(31)19-12-14-30(15-13-19)35(32,33)23-16-21(7-4-17(23)2)24-28-26(34-29-24)20-8-9-20/h4-7,10-11,16,19-20H,3,8-9,12-15H2,1-2H3,(H,27,31). The second-order valence-corrected chi connectivity index (χ2v) is 11.3. The zero-order valence-electron chi connectivity index (χ0n) is 20.0. The van der Waals surface area contributed by atoms with Crippen LogP contribution in [0.2, 0.25) is 0 Å². The van der Waals surface area contributed by atoms with Gasteiger partial charge in [-0.2, -0.15) is 9.29 Å². The number of aromatic nitrogens is 2. The van der Waals surface area contributed by atoms with E-state index in [-0.39, 0.29) is 16.7 Å². The summed E-state index contributed by atoms with van der Waals surface area (Å²) in [6.45, 7) is 4.47. The van der Waals surface area contributed by atoms with Gasteiger partial charge in [0.1, 0.15) is 0 Å². The van der Waals surface area contributed by atoms with Crippen molar-refractivity contribution in [3.63, 3.8) is 0 Å². The maximum Gasteiger partial charge on any atom is 0.243 e. The summed E-state index contributed by atoms with van der Waals surface area (Å²) in [5, 5.41) is 7.01. The van der Waals surface area contributed by atoms with Crippen molar-refractivity contribution in [2.75, 3.05) is 18.4 Å². The van der Waals surface area contributed by atoms with Crippen LogP contribution in [0, 0.1) is 12.8 Å². The van der Waals surface area contributed by atoms with Gasteiger partial charge in [-0.25, -0.2) is 8.42 Å². The van der Waals surface area contributed by atoms with Crippen LogP contribution >= 0.6 is 0 Å². The van der Waals surface area contributed by atoms with Crippen molar-refractivity contribution in [1.82, 2.24) is 14.4 Å². The molecule has 1 amide bonds. The van der Waals surface area contributed by atoms with Crippen molar-refractivity contribution < 1.29 is 17.7 Å². The minimum Gasteiger partial charge on any atom is -0.339 e. The van der Waals surface area contributed by atoms with E-state index in [1.165, 1.54) is 9.87 Å². The molecule has 0 atom stereocenters. The Hall–Kier alpha value is -3.04. The van der Waals surface area contributed by atoms with Crippen LogP contribution in [-0.4, -0.2) is 41.9 Å². The van der Waals surface area contributed by atoms with Gasteiger partial charge in [-0.3, -0.25) is 4.79 Å². The van der Waals surface area contributed by atoms with Crippen molar-refractivity contribution in [2.45, 2.75) is 56.8 Å². The number of carbonyl (C=O) groups is 1. The molecule has 8 nitrogen and oxygen atoms in total. The first-order valence-corrected chi connectivity index (χ1v) is 13.6. The second kappa shape index (κ2) is 9.54. The van der Waals surface area contributed by atoms with Crippen molar-refractivity contribution in [3.05, 3.63) is 59.5 Å². The first-order chi connectivity index (χ1) is 16.8. The van der Waals surface area contributed by atoms with Gasteiger partial charge in [0.2, 0.25) is 27.6 Å². The zero-order chi connectivity index (χ0) is 24.6. The Balaban J connectivity index is 1.26. The van der Waals surface area contributed by atoms with Crippen LogP contribution in [0.15, 0.2) is 51.9 Å². The molecular weight excluding hydrogens is 464 g/mol. The van der Waals surface area contributed by atoms with Crippen molar-refractivity contribution in [3.8, 4) is 11.4 Å². The summed E-state index contributed by atoms with van der Waals surface area (Å²) in [4.78, 5) is 17.4. The number of rotatable bonds is 7. The molecular formula is C26H30N4O4S. The lowest BCUT2D eigenvalue weighted by Gasteiger charge is -2.31. The van der Waals surface area contributed by atoms with Gasteiger partial charge in [-0.05, 0) is 68.4 Å². The Bertz CT molecular complexity index is 1320. The number of benzene rings is 2. The number of aryl methyl sites for hydroxylation is 2. The highest BCUT2D eigenvalue weighted by Gasteiger charge is 2.34. The summed E-state index contributed by atoms with van der Waals surface area (Å²) in [6, 6.07) is 13.0. The number of hydrogen-bond donors (Lipinski definition) is 1. The Morgan fingerprint density at radius 3 is 2.46 bits per heavy atom. The fraction of sp³-hybridized carbons (Fsp3) is 0.423. The molecule has 2 fully saturated rings. The number of nitrogens with zero attached hydrogens (tertiary/aromatic N) is 3. The molecule has 0 unspecified atom stereocenters. The number of hydrogen-bond acceptors (Lipinski definition) is 6. The van der Waals surface area contributed by atoms with Crippen molar-refractivity contribution in [2.24, 2.45) is 5.92 Å². The van der Waals surface area contributed by atoms with Crippen LogP contribution < -0.4 is 5.32 Å². The molecule has 35 heavy (non-hydrogen) atoms. The molecule has 3 aromatic rings. The van der Waals surface area contributed by atoms with Crippen LogP contribution in [-0.2, 0) is 21.2 Å². The van der Waals surface area contributed by atoms with Crippen LogP contribution in [0.3, 0.4) is 0 Å². The van der Waals surface area contributed by atoms with Gasteiger partial charge in [0, 0.05) is 36.2 Å². The molecule has 0 radical (unpaired) electrons. The molecule has 1 saturated carbocycles. The van der Waals surface area contributed by atoms with Crippen molar-refractivity contribution >= 4 is 21.6 Å². The van der Waals surface area contributed by atoms with Gasteiger partial charge in [-0.1, -0.05) is 36.3 Å². The van der Waals surface area contributed by atoms with E-state index in [1.54, 1.807) is 19.1 Å². The lowest BCUT2D eigenvalue weighted by atomic mass is 9.97. The molecule has 1 saturated heterocycles. The molecule has 0 bridgehead atoms. The highest BCUT2D eigenvalue weighted by molar-refractivity contribution is 7.89. The normalized spacial score (nSPS) is 17.4. The summed E-state index contributed by atoms with van der Waals surface area (Å²) in [5.74, 6) is 1.07. The maximum absolute atomic E-state index is 13.5. The Kier molecular flexibility index (Phi) is 6.46. The van der Waals surface area contributed by atoms with E-state index in [0.717, 1.165) is 24.9 Å². The molecule has 0 spiro atoms. The second-order valence-electron chi connectivity index (χ2n) is 9.43. The third-order valence-corrected chi connectivity index (χ3v) is 8.93. The average Bonchev–Trinajstić information content (AvgIpc) is 3.61. The van der Waals surface area contributed by atoms with Gasteiger partial charge in [-0.15, -0.1) is 0 Å². The minimum absolute atomic E-state index is 0.0620. The topological polar surface area (TPSA) is 105 Å². The summed E-state index contributed by atoms with van der Waals surface area (Å²) in [7, 11) is -3.72.